The number of esters is 1. The maximum Gasteiger partial charge on any atom is 0.357 e. The number of carbonyl (C=O) groups is 2. The Morgan fingerprint density at radius 3 is 2.63 bits per heavy atom. The molecular formula is C21H22N2O3S. The Morgan fingerprint density at radius 2 is 1.89 bits per heavy atom. The van der Waals surface area contributed by atoms with E-state index in [2.05, 4.69) is 4.98 Å². The fourth-order valence-electron chi connectivity index (χ4n) is 2.88. The van der Waals surface area contributed by atoms with E-state index in [4.69, 9.17) is 4.74 Å². The van der Waals surface area contributed by atoms with Crippen LogP contribution in [0.4, 0.5) is 0 Å². The Bertz CT molecular complexity index is 959. The smallest absolute Gasteiger partial charge is 0.357 e. The van der Waals surface area contributed by atoms with Crippen molar-refractivity contribution in [1.82, 2.24) is 9.88 Å². The van der Waals surface area contributed by atoms with Gasteiger partial charge in [-0.3, -0.25) is 4.79 Å². The number of aromatic nitrogens is 1. The van der Waals surface area contributed by atoms with Crippen molar-refractivity contribution in [3.05, 3.63) is 64.1 Å². The van der Waals surface area contributed by atoms with E-state index in [0.29, 0.717) is 23.7 Å². The third kappa shape index (κ3) is 4.17. The lowest BCUT2D eigenvalue weighted by Gasteiger charge is -2.26. The van der Waals surface area contributed by atoms with Crippen LogP contribution in [0.15, 0.2) is 47.8 Å². The van der Waals surface area contributed by atoms with Gasteiger partial charge >= 0.3 is 5.97 Å². The number of hydrogen-bond donors (Lipinski definition) is 0. The molecule has 3 rings (SSSR count). The molecule has 0 atom stereocenters. The van der Waals surface area contributed by atoms with Crippen molar-refractivity contribution in [2.45, 2.75) is 33.4 Å². The molecule has 0 saturated carbocycles. The molecule has 0 spiro atoms. The van der Waals surface area contributed by atoms with Crippen molar-refractivity contribution in [2.75, 3.05) is 6.61 Å². The monoisotopic (exact) mass is 382 g/mol. The number of fused-ring (bicyclic) bond motifs is 1. The van der Waals surface area contributed by atoms with Crippen molar-refractivity contribution in [2.24, 2.45) is 0 Å². The van der Waals surface area contributed by atoms with Gasteiger partial charge in [0.15, 0.2) is 5.69 Å². The normalized spacial score (nSPS) is 11.0. The number of benzene rings is 2. The SMILES string of the molecule is CCOC(=O)c1csc(CN(C(=O)c2cccc3ccccc23)C(C)C)n1. The Kier molecular flexibility index (Phi) is 5.86. The summed E-state index contributed by atoms with van der Waals surface area (Å²) in [6.45, 7) is 6.37. The van der Waals surface area contributed by atoms with E-state index in [-0.39, 0.29) is 17.6 Å². The van der Waals surface area contributed by atoms with Crippen molar-refractivity contribution in [3.63, 3.8) is 0 Å². The molecule has 6 heteroatoms. The van der Waals surface area contributed by atoms with Gasteiger partial charge in [-0.25, -0.2) is 9.78 Å². The van der Waals surface area contributed by atoms with Crippen LogP contribution in [0.25, 0.3) is 10.8 Å². The molecule has 0 saturated heterocycles. The number of rotatable bonds is 6. The number of carbonyl (C=O) groups excluding carboxylic acids is 2. The molecule has 0 aliphatic carbocycles. The minimum atomic E-state index is -0.434. The average Bonchev–Trinajstić information content (AvgIpc) is 3.14. The summed E-state index contributed by atoms with van der Waals surface area (Å²) in [5, 5.41) is 4.35. The Labute approximate surface area is 162 Å². The van der Waals surface area contributed by atoms with Gasteiger partial charge in [-0.15, -0.1) is 11.3 Å². The van der Waals surface area contributed by atoms with Gasteiger partial charge in [0.25, 0.3) is 5.91 Å². The van der Waals surface area contributed by atoms with E-state index >= 15 is 0 Å². The maximum atomic E-state index is 13.3. The zero-order chi connectivity index (χ0) is 19.4. The Morgan fingerprint density at radius 1 is 1.15 bits per heavy atom. The number of ether oxygens (including phenoxy) is 1. The summed E-state index contributed by atoms with van der Waals surface area (Å²) in [5.74, 6) is -0.480. The van der Waals surface area contributed by atoms with E-state index in [0.717, 1.165) is 10.8 Å². The lowest BCUT2D eigenvalue weighted by molar-refractivity contribution is 0.0520. The zero-order valence-corrected chi connectivity index (χ0v) is 16.5. The molecule has 2 aromatic carbocycles. The molecule has 3 aromatic rings. The van der Waals surface area contributed by atoms with Gasteiger partial charge < -0.3 is 9.64 Å². The largest absolute Gasteiger partial charge is 0.461 e. The first-order chi connectivity index (χ1) is 13.0. The highest BCUT2D eigenvalue weighted by Gasteiger charge is 2.22. The molecule has 0 aliphatic heterocycles. The second-order valence-corrected chi connectivity index (χ2v) is 7.34. The van der Waals surface area contributed by atoms with Crippen LogP contribution in [0.3, 0.4) is 0 Å². The third-order valence-electron chi connectivity index (χ3n) is 4.25. The van der Waals surface area contributed by atoms with E-state index in [9.17, 15) is 9.59 Å². The molecule has 0 bridgehead atoms. The van der Waals surface area contributed by atoms with Crippen LogP contribution in [0.2, 0.25) is 0 Å². The summed E-state index contributed by atoms with van der Waals surface area (Å²) in [4.78, 5) is 31.2. The van der Waals surface area contributed by atoms with Crippen LogP contribution in [0.1, 0.15) is 46.6 Å². The highest BCUT2D eigenvalue weighted by Crippen LogP contribution is 2.23. The van der Waals surface area contributed by atoms with Crippen LogP contribution in [0.5, 0.6) is 0 Å². The number of thiazole rings is 1. The minimum absolute atomic E-state index is 0.00795. The predicted molar refractivity (Wildman–Crippen MR) is 107 cm³/mol. The summed E-state index contributed by atoms with van der Waals surface area (Å²) >= 11 is 1.36. The molecule has 0 fully saturated rings. The van der Waals surface area contributed by atoms with Gasteiger partial charge in [0, 0.05) is 17.0 Å². The number of hydrogen-bond acceptors (Lipinski definition) is 5. The maximum absolute atomic E-state index is 13.3. The standard InChI is InChI=1S/C21H22N2O3S/c1-4-26-21(25)18-13-27-19(22-18)12-23(14(2)3)20(24)17-11-7-9-15-8-5-6-10-16(15)17/h5-11,13-14H,4,12H2,1-3H3. The third-order valence-corrected chi connectivity index (χ3v) is 5.08. The van der Waals surface area contributed by atoms with E-state index < -0.39 is 5.97 Å². The second kappa shape index (κ2) is 8.31. The summed E-state index contributed by atoms with van der Waals surface area (Å²) in [5.41, 5.74) is 0.960. The molecule has 1 aromatic heterocycles. The van der Waals surface area contributed by atoms with Gasteiger partial charge in [-0.1, -0.05) is 36.4 Å². The van der Waals surface area contributed by atoms with E-state index in [1.165, 1.54) is 11.3 Å². The van der Waals surface area contributed by atoms with Crippen molar-refractivity contribution < 1.29 is 14.3 Å². The van der Waals surface area contributed by atoms with Crippen LogP contribution in [-0.2, 0) is 11.3 Å². The fraction of sp³-hybridized carbons (Fsp3) is 0.286. The molecule has 5 nitrogen and oxygen atoms in total. The lowest BCUT2D eigenvalue weighted by atomic mass is 10.0. The Hall–Kier alpha value is -2.73. The van der Waals surface area contributed by atoms with Crippen LogP contribution in [0, 0.1) is 0 Å². The summed E-state index contributed by atoms with van der Waals surface area (Å²) in [6, 6.07) is 13.6. The van der Waals surface area contributed by atoms with Crippen molar-refractivity contribution in [3.8, 4) is 0 Å². The summed E-state index contributed by atoms with van der Waals surface area (Å²) in [6.07, 6.45) is 0. The molecule has 0 N–H and O–H groups in total. The first-order valence-electron chi connectivity index (χ1n) is 8.91. The van der Waals surface area contributed by atoms with Crippen LogP contribution >= 0.6 is 11.3 Å². The summed E-state index contributed by atoms with van der Waals surface area (Å²) < 4.78 is 4.98. The van der Waals surface area contributed by atoms with Gasteiger partial charge in [0.1, 0.15) is 5.01 Å². The highest BCUT2D eigenvalue weighted by molar-refractivity contribution is 7.09. The lowest BCUT2D eigenvalue weighted by Crippen LogP contribution is -2.36. The predicted octanol–water partition coefficient (Wildman–Crippen LogP) is 4.52. The molecule has 27 heavy (non-hydrogen) atoms. The number of amides is 1. The fourth-order valence-corrected chi connectivity index (χ4v) is 3.64. The van der Waals surface area contributed by atoms with Gasteiger partial charge in [0.05, 0.1) is 13.2 Å². The zero-order valence-electron chi connectivity index (χ0n) is 15.6. The second-order valence-electron chi connectivity index (χ2n) is 6.40. The molecule has 0 radical (unpaired) electrons. The average molecular weight is 382 g/mol. The molecule has 1 heterocycles. The molecule has 1 amide bonds. The molecule has 0 unspecified atom stereocenters. The van der Waals surface area contributed by atoms with Gasteiger partial charge in [0.2, 0.25) is 0 Å². The topological polar surface area (TPSA) is 59.5 Å². The first kappa shape index (κ1) is 19.0. The van der Waals surface area contributed by atoms with Crippen LogP contribution in [-0.4, -0.2) is 34.4 Å². The Balaban J connectivity index is 1.87. The van der Waals surface area contributed by atoms with Crippen molar-refractivity contribution >= 4 is 34.0 Å². The quantitative estimate of drug-likeness (QED) is 0.588. The first-order valence-corrected chi connectivity index (χ1v) is 9.79. The van der Waals surface area contributed by atoms with Crippen molar-refractivity contribution in [1.29, 1.82) is 0 Å². The van der Waals surface area contributed by atoms with Crippen LogP contribution < -0.4 is 0 Å². The summed E-state index contributed by atoms with van der Waals surface area (Å²) in [7, 11) is 0. The van der Waals surface area contributed by atoms with Gasteiger partial charge in [-0.05, 0) is 37.6 Å². The number of nitrogens with zero attached hydrogens (tertiary/aromatic N) is 2. The molecular weight excluding hydrogens is 360 g/mol. The van der Waals surface area contributed by atoms with Gasteiger partial charge in [-0.2, -0.15) is 0 Å². The van der Waals surface area contributed by atoms with E-state index in [1.807, 2.05) is 56.3 Å². The highest BCUT2D eigenvalue weighted by atomic mass is 32.1. The molecule has 0 aliphatic rings. The minimum Gasteiger partial charge on any atom is -0.461 e. The molecule has 140 valence electrons. The van der Waals surface area contributed by atoms with E-state index in [1.54, 1.807) is 17.2 Å².